The molecule has 0 saturated heterocycles. The molecule has 1 rings (SSSR count). The van der Waals surface area contributed by atoms with E-state index in [1.807, 2.05) is 12.1 Å². The molecule has 0 fully saturated rings. The van der Waals surface area contributed by atoms with Crippen molar-refractivity contribution in [2.45, 2.75) is 26.7 Å². The Morgan fingerprint density at radius 3 is 1.39 bits per heavy atom. The first-order valence-electron chi connectivity index (χ1n) is 13.2. The van der Waals surface area contributed by atoms with Crippen LogP contribution in [0.4, 0.5) is 5.69 Å². The van der Waals surface area contributed by atoms with Crippen molar-refractivity contribution in [3.05, 3.63) is 29.8 Å². The lowest BCUT2D eigenvalue weighted by Gasteiger charge is -2.09. The van der Waals surface area contributed by atoms with Gasteiger partial charge in [-0.3, -0.25) is 4.79 Å². The van der Waals surface area contributed by atoms with Gasteiger partial charge in [0.05, 0.1) is 84.8 Å². The van der Waals surface area contributed by atoms with Crippen molar-refractivity contribution >= 4 is 17.6 Å². The maximum absolute atomic E-state index is 12.1. The van der Waals surface area contributed by atoms with Gasteiger partial charge in [0, 0.05) is 19.2 Å². The van der Waals surface area contributed by atoms with Gasteiger partial charge in [0.15, 0.2) is 0 Å². The summed E-state index contributed by atoms with van der Waals surface area (Å²) in [6.45, 7) is 10.1. The quantitative estimate of drug-likeness (QED) is 0.137. The molecule has 38 heavy (non-hydrogen) atoms. The van der Waals surface area contributed by atoms with Crippen molar-refractivity contribution in [2.24, 2.45) is 0 Å². The third-order valence-corrected chi connectivity index (χ3v) is 4.83. The van der Waals surface area contributed by atoms with Crippen LogP contribution in [0.15, 0.2) is 24.3 Å². The molecule has 0 saturated carbocycles. The number of carbonyl (C=O) groups is 2. The Labute approximate surface area is 226 Å². The van der Waals surface area contributed by atoms with Crippen molar-refractivity contribution in [1.82, 2.24) is 0 Å². The molecule has 0 radical (unpaired) electrons. The number of benzene rings is 1. The van der Waals surface area contributed by atoms with Crippen LogP contribution in [-0.2, 0) is 42.7 Å². The summed E-state index contributed by atoms with van der Waals surface area (Å²) in [6, 6.07) is 7.27. The molecule has 1 aromatic carbocycles. The maximum atomic E-state index is 12.1. The first kappa shape index (κ1) is 33.7. The molecule has 0 aliphatic heterocycles. The molecule has 0 heterocycles. The highest BCUT2D eigenvalue weighted by Gasteiger charge is 2.06. The molecule has 0 aliphatic rings. The van der Waals surface area contributed by atoms with Gasteiger partial charge < -0.3 is 43.2 Å². The van der Waals surface area contributed by atoms with Crippen molar-refractivity contribution in [3.63, 3.8) is 0 Å². The van der Waals surface area contributed by atoms with Crippen molar-refractivity contribution in [1.29, 1.82) is 0 Å². The van der Waals surface area contributed by atoms with E-state index in [9.17, 15) is 9.59 Å². The fraction of sp³-hybridized carbons (Fsp3) is 0.704. The number of nitrogens with one attached hydrogen (secondary N) is 1. The van der Waals surface area contributed by atoms with E-state index in [0.29, 0.717) is 84.8 Å². The maximum Gasteiger partial charge on any atom is 0.338 e. The first-order valence-corrected chi connectivity index (χ1v) is 13.2. The van der Waals surface area contributed by atoms with E-state index in [1.165, 1.54) is 6.92 Å². The summed E-state index contributed by atoms with van der Waals surface area (Å²) < 4.78 is 42.3. The van der Waals surface area contributed by atoms with Crippen LogP contribution < -0.4 is 5.32 Å². The molecule has 0 unspecified atom stereocenters. The Hall–Kier alpha value is -2.28. The normalized spacial score (nSPS) is 10.9. The molecular weight excluding hydrogens is 498 g/mol. The largest absolute Gasteiger partial charge is 0.463 e. The zero-order chi connectivity index (χ0) is 27.5. The van der Waals surface area contributed by atoms with E-state index in [2.05, 4.69) is 12.2 Å². The predicted molar refractivity (Wildman–Crippen MR) is 142 cm³/mol. The summed E-state index contributed by atoms with van der Waals surface area (Å²) in [5.74, 6) is -0.678. The number of hydrogen-bond donors (Lipinski definition) is 1. The Balaban J connectivity index is 1.79. The lowest BCUT2D eigenvalue weighted by molar-refractivity contribution is -0.142. The van der Waals surface area contributed by atoms with Gasteiger partial charge in [0.1, 0.15) is 13.2 Å². The second-order valence-electron chi connectivity index (χ2n) is 8.01. The number of hydrogen-bond acceptors (Lipinski definition) is 11. The summed E-state index contributed by atoms with van der Waals surface area (Å²) in [4.78, 5) is 22.6. The lowest BCUT2D eigenvalue weighted by Crippen LogP contribution is -2.15. The van der Waals surface area contributed by atoms with E-state index in [4.69, 9.17) is 37.9 Å². The summed E-state index contributed by atoms with van der Waals surface area (Å²) in [7, 11) is 0. The number of carbonyl (C=O) groups excluding carboxylic acids is 2. The molecule has 1 aromatic rings. The molecule has 0 atom stereocenters. The van der Waals surface area contributed by atoms with E-state index in [1.54, 1.807) is 12.1 Å². The third kappa shape index (κ3) is 20.7. The van der Waals surface area contributed by atoms with E-state index >= 15 is 0 Å². The first-order chi connectivity index (χ1) is 18.6. The number of unbranched alkanes of at least 4 members (excludes halogenated alkanes) is 1. The zero-order valence-corrected chi connectivity index (χ0v) is 22.9. The number of ether oxygens (including phenoxy) is 8. The van der Waals surface area contributed by atoms with Gasteiger partial charge >= 0.3 is 11.9 Å². The Morgan fingerprint density at radius 1 is 0.605 bits per heavy atom. The molecular formula is C27H45NO10. The van der Waals surface area contributed by atoms with Gasteiger partial charge in [0.25, 0.3) is 0 Å². The third-order valence-electron chi connectivity index (χ3n) is 4.83. The SMILES string of the molecule is CCCCNc1ccc(C(=O)OCCOCCOCCOCCOCCOCCOCCOC(C)=O)cc1. The highest BCUT2D eigenvalue weighted by Crippen LogP contribution is 2.10. The summed E-state index contributed by atoms with van der Waals surface area (Å²) >= 11 is 0. The van der Waals surface area contributed by atoms with Crippen LogP contribution in [-0.4, -0.2) is 111 Å². The van der Waals surface area contributed by atoms with Gasteiger partial charge in [-0.1, -0.05) is 13.3 Å². The Kier molecular flexibility index (Phi) is 22.2. The van der Waals surface area contributed by atoms with Crippen LogP contribution in [0.25, 0.3) is 0 Å². The summed E-state index contributed by atoms with van der Waals surface area (Å²) in [5.41, 5.74) is 1.51. The lowest BCUT2D eigenvalue weighted by atomic mass is 10.2. The molecule has 0 aromatic heterocycles. The molecule has 11 nitrogen and oxygen atoms in total. The fourth-order valence-corrected chi connectivity index (χ4v) is 2.86. The topological polar surface area (TPSA) is 120 Å². The Morgan fingerprint density at radius 2 is 1.00 bits per heavy atom. The van der Waals surface area contributed by atoms with E-state index in [0.717, 1.165) is 25.1 Å². The van der Waals surface area contributed by atoms with Crippen molar-refractivity contribution in [3.8, 4) is 0 Å². The van der Waals surface area contributed by atoms with Gasteiger partial charge in [-0.15, -0.1) is 0 Å². The molecule has 0 aliphatic carbocycles. The molecule has 0 bridgehead atoms. The monoisotopic (exact) mass is 543 g/mol. The minimum atomic E-state index is -0.363. The van der Waals surface area contributed by atoms with Crippen molar-refractivity contribution < 1.29 is 47.5 Å². The highest BCUT2D eigenvalue weighted by molar-refractivity contribution is 5.89. The van der Waals surface area contributed by atoms with Gasteiger partial charge in [-0.2, -0.15) is 0 Å². The van der Waals surface area contributed by atoms with Gasteiger partial charge in [-0.25, -0.2) is 4.79 Å². The van der Waals surface area contributed by atoms with Crippen LogP contribution in [0.2, 0.25) is 0 Å². The van der Waals surface area contributed by atoms with Gasteiger partial charge in [0.2, 0.25) is 0 Å². The molecule has 0 spiro atoms. The van der Waals surface area contributed by atoms with Crippen LogP contribution in [0.5, 0.6) is 0 Å². The Bertz CT molecular complexity index is 702. The van der Waals surface area contributed by atoms with Crippen LogP contribution in [0, 0.1) is 0 Å². The van der Waals surface area contributed by atoms with E-state index in [-0.39, 0.29) is 25.2 Å². The standard InChI is InChI=1S/C27H45NO10/c1-3-4-9-28-26-7-5-25(6-8-26)27(30)38-23-21-36-19-17-34-15-13-32-11-10-31-12-14-33-16-18-35-20-22-37-24(2)29/h5-8,28H,3-4,9-23H2,1-2H3. The van der Waals surface area contributed by atoms with E-state index < -0.39 is 0 Å². The smallest absolute Gasteiger partial charge is 0.338 e. The highest BCUT2D eigenvalue weighted by atomic mass is 16.6. The fourth-order valence-electron chi connectivity index (χ4n) is 2.86. The predicted octanol–water partition coefficient (Wildman–Crippen LogP) is 2.72. The van der Waals surface area contributed by atoms with Crippen LogP contribution in [0.1, 0.15) is 37.0 Å². The second kappa shape index (κ2) is 25.0. The number of rotatable bonds is 26. The summed E-state index contributed by atoms with van der Waals surface area (Å²) in [5, 5.41) is 3.31. The molecule has 0 amide bonds. The number of esters is 2. The second-order valence-corrected chi connectivity index (χ2v) is 8.01. The minimum absolute atomic E-state index is 0.189. The average molecular weight is 544 g/mol. The molecule has 1 N–H and O–H groups in total. The summed E-state index contributed by atoms with van der Waals surface area (Å²) in [6.07, 6.45) is 2.24. The molecule has 218 valence electrons. The van der Waals surface area contributed by atoms with Crippen LogP contribution in [0.3, 0.4) is 0 Å². The number of anilines is 1. The average Bonchev–Trinajstić information content (AvgIpc) is 2.91. The zero-order valence-electron chi connectivity index (χ0n) is 22.9. The van der Waals surface area contributed by atoms with Crippen molar-refractivity contribution in [2.75, 3.05) is 104 Å². The van der Waals surface area contributed by atoms with Gasteiger partial charge in [-0.05, 0) is 30.7 Å². The van der Waals surface area contributed by atoms with Crippen LogP contribution >= 0.6 is 0 Å². The minimum Gasteiger partial charge on any atom is -0.463 e. The molecule has 11 heteroatoms.